The summed E-state index contributed by atoms with van der Waals surface area (Å²) in [7, 11) is -3.63. The molecule has 1 amide bonds. The first-order chi connectivity index (χ1) is 16.3. The molecule has 7 nitrogen and oxygen atoms in total. The SMILES string of the molecule is Cc1ccc(S(=O)(=O)N2CCCCC2C)cc1C(=O)NCc1cccc(CN2CCOCC2)c1. The number of carbonyl (C=O) groups is 1. The first-order valence-electron chi connectivity index (χ1n) is 12.1. The molecule has 4 rings (SSSR count). The zero-order valence-corrected chi connectivity index (χ0v) is 20.9. The summed E-state index contributed by atoms with van der Waals surface area (Å²) in [5.74, 6) is -0.264. The molecule has 2 aromatic carbocycles. The highest BCUT2D eigenvalue weighted by molar-refractivity contribution is 7.89. The van der Waals surface area contributed by atoms with E-state index in [4.69, 9.17) is 4.74 Å². The molecule has 1 atom stereocenters. The Labute approximate surface area is 203 Å². The van der Waals surface area contributed by atoms with E-state index in [9.17, 15) is 13.2 Å². The van der Waals surface area contributed by atoms with E-state index in [1.54, 1.807) is 16.4 Å². The smallest absolute Gasteiger partial charge is 0.251 e. The summed E-state index contributed by atoms with van der Waals surface area (Å²) in [6, 6.07) is 13.0. The summed E-state index contributed by atoms with van der Waals surface area (Å²) in [4.78, 5) is 15.6. The van der Waals surface area contributed by atoms with Gasteiger partial charge in [-0.25, -0.2) is 8.42 Å². The number of sulfonamides is 1. The molecule has 0 bridgehead atoms. The van der Waals surface area contributed by atoms with Gasteiger partial charge in [-0.15, -0.1) is 0 Å². The Balaban J connectivity index is 1.44. The summed E-state index contributed by atoms with van der Waals surface area (Å²) in [6.07, 6.45) is 2.78. The second kappa shape index (κ2) is 11.0. The number of nitrogens with zero attached hydrogens (tertiary/aromatic N) is 2. The third kappa shape index (κ3) is 5.86. The fourth-order valence-corrected chi connectivity index (χ4v) is 6.43. The van der Waals surface area contributed by atoms with E-state index in [1.807, 2.05) is 26.0 Å². The van der Waals surface area contributed by atoms with Gasteiger partial charge >= 0.3 is 0 Å². The Kier molecular flexibility index (Phi) is 8.03. The zero-order valence-electron chi connectivity index (χ0n) is 20.1. The van der Waals surface area contributed by atoms with E-state index in [2.05, 4.69) is 22.3 Å². The van der Waals surface area contributed by atoms with Gasteiger partial charge < -0.3 is 10.1 Å². The number of nitrogens with one attached hydrogen (secondary N) is 1. The van der Waals surface area contributed by atoms with Crippen molar-refractivity contribution in [2.75, 3.05) is 32.8 Å². The van der Waals surface area contributed by atoms with Crippen molar-refractivity contribution in [3.8, 4) is 0 Å². The third-order valence-electron chi connectivity index (χ3n) is 6.76. The summed E-state index contributed by atoms with van der Waals surface area (Å²) < 4.78 is 33.5. The van der Waals surface area contributed by atoms with E-state index in [1.165, 1.54) is 11.6 Å². The fraction of sp³-hybridized carbons (Fsp3) is 0.500. The number of ether oxygens (including phenoxy) is 1. The lowest BCUT2D eigenvalue weighted by atomic mass is 10.1. The van der Waals surface area contributed by atoms with Gasteiger partial charge in [0.05, 0.1) is 18.1 Å². The molecule has 34 heavy (non-hydrogen) atoms. The van der Waals surface area contributed by atoms with Crippen molar-refractivity contribution < 1.29 is 17.9 Å². The third-order valence-corrected chi connectivity index (χ3v) is 8.77. The maximum atomic E-state index is 13.2. The average molecular weight is 486 g/mol. The molecule has 0 saturated carbocycles. The lowest BCUT2D eigenvalue weighted by Crippen LogP contribution is -2.42. The van der Waals surface area contributed by atoms with Crippen LogP contribution in [-0.4, -0.2) is 62.4 Å². The Morgan fingerprint density at radius 2 is 1.82 bits per heavy atom. The molecule has 1 N–H and O–H groups in total. The molecule has 2 saturated heterocycles. The van der Waals surface area contributed by atoms with Crippen LogP contribution in [0, 0.1) is 6.92 Å². The lowest BCUT2D eigenvalue weighted by molar-refractivity contribution is 0.0342. The van der Waals surface area contributed by atoms with Crippen LogP contribution in [0.3, 0.4) is 0 Å². The average Bonchev–Trinajstić information content (AvgIpc) is 2.84. The number of morpholine rings is 1. The number of benzene rings is 2. The molecule has 0 aliphatic carbocycles. The minimum Gasteiger partial charge on any atom is -0.379 e. The summed E-state index contributed by atoms with van der Waals surface area (Å²) in [5, 5.41) is 2.97. The van der Waals surface area contributed by atoms with E-state index in [-0.39, 0.29) is 16.8 Å². The van der Waals surface area contributed by atoms with Crippen molar-refractivity contribution in [2.24, 2.45) is 0 Å². The number of amides is 1. The van der Waals surface area contributed by atoms with Crippen LogP contribution in [0.2, 0.25) is 0 Å². The van der Waals surface area contributed by atoms with Crippen molar-refractivity contribution >= 4 is 15.9 Å². The molecular weight excluding hydrogens is 450 g/mol. The van der Waals surface area contributed by atoms with Crippen molar-refractivity contribution in [1.29, 1.82) is 0 Å². The van der Waals surface area contributed by atoms with Crippen LogP contribution in [0.4, 0.5) is 0 Å². The first-order valence-corrected chi connectivity index (χ1v) is 13.6. The van der Waals surface area contributed by atoms with Gasteiger partial charge in [-0.05, 0) is 55.5 Å². The van der Waals surface area contributed by atoms with Gasteiger partial charge in [0.1, 0.15) is 0 Å². The number of carbonyl (C=O) groups excluding carboxylic acids is 1. The standard InChI is InChI=1S/C26H35N3O4S/c1-20-9-10-24(34(31,32)29-11-4-3-6-21(29)2)17-25(20)26(30)27-18-22-7-5-8-23(16-22)19-28-12-14-33-15-13-28/h5,7-10,16-17,21H,3-4,6,11-15,18-19H2,1-2H3,(H,27,30). The second-order valence-electron chi connectivity index (χ2n) is 9.33. The van der Waals surface area contributed by atoms with Gasteiger partial charge in [0.15, 0.2) is 0 Å². The van der Waals surface area contributed by atoms with Gasteiger partial charge in [0, 0.05) is 44.3 Å². The molecule has 2 aliphatic rings. The van der Waals surface area contributed by atoms with Crippen LogP contribution in [0.25, 0.3) is 0 Å². The maximum Gasteiger partial charge on any atom is 0.251 e. The predicted octanol–water partition coefficient (Wildman–Crippen LogP) is 3.32. The molecule has 0 aromatic heterocycles. The minimum atomic E-state index is -3.63. The number of piperidine rings is 1. The topological polar surface area (TPSA) is 79.0 Å². The van der Waals surface area contributed by atoms with Crippen LogP contribution in [0.5, 0.6) is 0 Å². The molecule has 2 fully saturated rings. The lowest BCUT2D eigenvalue weighted by Gasteiger charge is -2.32. The van der Waals surface area contributed by atoms with Crippen LogP contribution < -0.4 is 5.32 Å². The number of aryl methyl sites for hydroxylation is 1. The summed E-state index contributed by atoms with van der Waals surface area (Å²) in [6.45, 7) is 8.93. The largest absolute Gasteiger partial charge is 0.379 e. The molecule has 184 valence electrons. The van der Waals surface area contributed by atoms with Gasteiger partial charge in [-0.2, -0.15) is 4.31 Å². The van der Waals surface area contributed by atoms with Crippen LogP contribution >= 0.6 is 0 Å². The molecule has 2 aliphatic heterocycles. The van der Waals surface area contributed by atoms with Gasteiger partial charge in [0.2, 0.25) is 10.0 Å². The van der Waals surface area contributed by atoms with E-state index >= 15 is 0 Å². The monoisotopic (exact) mass is 485 g/mol. The Hall–Kier alpha value is -2.26. The first kappa shape index (κ1) is 24.9. The van der Waals surface area contributed by atoms with Crippen molar-refractivity contribution in [3.63, 3.8) is 0 Å². The molecule has 2 heterocycles. The van der Waals surface area contributed by atoms with Crippen LogP contribution in [-0.2, 0) is 27.8 Å². The fourth-order valence-electron chi connectivity index (χ4n) is 4.70. The van der Waals surface area contributed by atoms with Crippen molar-refractivity contribution in [1.82, 2.24) is 14.5 Å². The molecule has 0 spiro atoms. The molecule has 1 unspecified atom stereocenters. The van der Waals surface area contributed by atoms with Crippen LogP contribution in [0.1, 0.15) is 53.2 Å². The van der Waals surface area contributed by atoms with Crippen LogP contribution in [0.15, 0.2) is 47.4 Å². The van der Waals surface area contributed by atoms with E-state index < -0.39 is 10.0 Å². The predicted molar refractivity (Wildman–Crippen MR) is 132 cm³/mol. The Bertz CT molecular complexity index is 1110. The number of rotatable bonds is 7. The summed E-state index contributed by atoms with van der Waals surface area (Å²) in [5.41, 5.74) is 3.37. The van der Waals surface area contributed by atoms with Gasteiger partial charge in [0.25, 0.3) is 5.91 Å². The quantitative estimate of drug-likeness (QED) is 0.651. The zero-order chi connectivity index (χ0) is 24.1. The highest BCUT2D eigenvalue weighted by atomic mass is 32.2. The molecule has 8 heteroatoms. The highest BCUT2D eigenvalue weighted by Crippen LogP contribution is 2.26. The number of hydrogen-bond acceptors (Lipinski definition) is 5. The Morgan fingerprint density at radius 3 is 2.59 bits per heavy atom. The Morgan fingerprint density at radius 1 is 1.06 bits per heavy atom. The molecule has 0 radical (unpaired) electrons. The maximum absolute atomic E-state index is 13.2. The van der Waals surface area contributed by atoms with Crippen molar-refractivity contribution in [3.05, 3.63) is 64.7 Å². The minimum absolute atomic E-state index is 0.0259. The van der Waals surface area contributed by atoms with Gasteiger partial charge in [-0.3, -0.25) is 9.69 Å². The highest BCUT2D eigenvalue weighted by Gasteiger charge is 2.31. The molecular formula is C26H35N3O4S. The normalized spacial score (nSPS) is 20.2. The molecule has 2 aromatic rings. The number of hydrogen-bond donors (Lipinski definition) is 1. The summed E-state index contributed by atoms with van der Waals surface area (Å²) >= 11 is 0. The second-order valence-corrected chi connectivity index (χ2v) is 11.2. The van der Waals surface area contributed by atoms with E-state index in [0.29, 0.717) is 18.7 Å². The van der Waals surface area contributed by atoms with E-state index in [0.717, 1.165) is 63.2 Å². The van der Waals surface area contributed by atoms with Crippen molar-refractivity contribution in [2.45, 2.75) is 57.1 Å². The van der Waals surface area contributed by atoms with Gasteiger partial charge in [-0.1, -0.05) is 36.8 Å².